The number of rotatable bonds is 6. The number of benzene rings is 2. The van der Waals surface area contributed by atoms with E-state index in [1.54, 1.807) is 35.7 Å². The van der Waals surface area contributed by atoms with Crippen molar-refractivity contribution in [3.63, 3.8) is 0 Å². The van der Waals surface area contributed by atoms with E-state index in [0.717, 1.165) is 5.56 Å². The summed E-state index contributed by atoms with van der Waals surface area (Å²) >= 11 is 2.70. The minimum Gasteiger partial charge on any atom is -0.302 e. The highest BCUT2D eigenvalue weighted by Crippen LogP contribution is 2.31. The zero-order valence-electron chi connectivity index (χ0n) is 17.3. The Hall–Kier alpha value is -2.27. The monoisotopic (exact) mass is 491 g/mol. The third-order valence-corrected chi connectivity index (χ3v) is 9.03. The van der Waals surface area contributed by atoms with E-state index in [-0.39, 0.29) is 17.6 Å². The first-order valence-corrected chi connectivity index (χ1v) is 13.6. The van der Waals surface area contributed by atoms with Crippen LogP contribution in [0.25, 0.3) is 11.3 Å². The zero-order valence-corrected chi connectivity index (χ0v) is 19.8. The van der Waals surface area contributed by atoms with Gasteiger partial charge in [0.2, 0.25) is 15.9 Å². The summed E-state index contributed by atoms with van der Waals surface area (Å²) in [5.74, 6) is -0.759. The maximum absolute atomic E-state index is 13.1. The van der Waals surface area contributed by atoms with Gasteiger partial charge in [-0.15, -0.1) is 23.1 Å². The Kier molecular flexibility index (Phi) is 6.94. The van der Waals surface area contributed by atoms with Gasteiger partial charge in [0, 0.05) is 34.8 Å². The Morgan fingerprint density at radius 1 is 1.16 bits per heavy atom. The van der Waals surface area contributed by atoms with E-state index in [0.29, 0.717) is 46.5 Å². The second kappa shape index (κ2) is 9.70. The maximum atomic E-state index is 13.1. The first-order valence-electron chi connectivity index (χ1n) is 10.0. The predicted octanol–water partition coefficient (Wildman–Crippen LogP) is 4.71. The molecule has 0 aliphatic carbocycles. The lowest BCUT2D eigenvalue weighted by Crippen LogP contribution is -2.41. The summed E-state index contributed by atoms with van der Waals surface area (Å²) in [5.41, 5.74) is 1.44. The molecular formula is C22H22FN3O3S3. The molecule has 1 aromatic heterocycles. The van der Waals surface area contributed by atoms with Gasteiger partial charge >= 0.3 is 0 Å². The fourth-order valence-corrected chi connectivity index (χ4v) is 6.94. The van der Waals surface area contributed by atoms with Gasteiger partial charge < -0.3 is 5.32 Å². The molecule has 1 fully saturated rings. The first kappa shape index (κ1) is 22.9. The van der Waals surface area contributed by atoms with Crippen molar-refractivity contribution in [3.8, 4) is 11.3 Å². The number of halogens is 1. The average Bonchev–Trinajstić information content (AvgIpc) is 3.28. The molecule has 0 radical (unpaired) electrons. The van der Waals surface area contributed by atoms with Crippen molar-refractivity contribution in [1.29, 1.82) is 0 Å². The van der Waals surface area contributed by atoms with Gasteiger partial charge in [-0.2, -0.15) is 4.31 Å². The highest BCUT2D eigenvalue weighted by Gasteiger charge is 2.33. The van der Waals surface area contributed by atoms with Crippen LogP contribution in [-0.2, 0) is 14.8 Å². The molecule has 1 amide bonds. The van der Waals surface area contributed by atoms with Crippen molar-refractivity contribution in [2.75, 3.05) is 24.7 Å². The van der Waals surface area contributed by atoms with Crippen molar-refractivity contribution in [3.05, 3.63) is 59.7 Å². The highest BCUT2D eigenvalue weighted by molar-refractivity contribution is 7.99. The van der Waals surface area contributed by atoms with Crippen LogP contribution in [0.3, 0.4) is 0 Å². The van der Waals surface area contributed by atoms with Crippen molar-refractivity contribution < 1.29 is 17.6 Å². The lowest BCUT2D eigenvalue weighted by molar-refractivity contribution is -0.120. The molecular weight excluding hydrogens is 469 g/mol. The van der Waals surface area contributed by atoms with Crippen molar-refractivity contribution in [1.82, 2.24) is 9.29 Å². The molecule has 0 bridgehead atoms. The van der Waals surface area contributed by atoms with Gasteiger partial charge in [-0.1, -0.05) is 12.1 Å². The molecule has 1 aliphatic heterocycles. The average molecular weight is 492 g/mol. The molecule has 0 spiro atoms. The number of aromatic nitrogens is 1. The van der Waals surface area contributed by atoms with E-state index < -0.39 is 10.0 Å². The lowest BCUT2D eigenvalue weighted by atomic mass is 9.97. The van der Waals surface area contributed by atoms with Crippen LogP contribution in [0.2, 0.25) is 0 Å². The minimum atomic E-state index is -3.60. The summed E-state index contributed by atoms with van der Waals surface area (Å²) in [7, 11) is -3.60. The highest BCUT2D eigenvalue weighted by atomic mass is 32.2. The number of piperidine rings is 1. The van der Waals surface area contributed by atoms with E-state index in [1.807, 2.05) is 12.3 Å². The Morgan fingerprint density at radius 2 is 1.84 bits per heavy atom. The SMILES string of the molecule is CSc1ccccc1S(=O)(=O)N1CCC(C(=O)Nc2nc(-c3ccc(F)cc3)cs2)CC1. The first-order chi connectivity index (χ1) is 15.4. The number of nitrogens with one attached hydrogen (secondary N) is 1. The molecule has 32 heavy (non-hydrogen) atoms. The van der Waals surface area contributed by atoms with E-state index >= 15 is 0 Å². The number of amides is 1. The van der Waals surface area contributed by atoms with Crippen LogP contribution in [-0.4, -0.2) is 43.0 Å². The normalized spacial score (nSPS) is 15.6. The van der Waals surface area contributed by atoms with Crippen molar-refractivity contribution >= 4 is 44.2 Å². The summed E-state index contributed by atoms with van der Waals surface area (Å²) in [6.45, 7) is 0.587. The number of thiazole rings is 1. The van der Waals surface area contributed by atoms with Gasteiger partial charge in [0.25, 0.3) is 0 Å². The Bertz CT molecular complexity index is 1200. The van der Waals surface area contributed by atoms with E-state index in [4.69, 9.17) is 0 Å². The van der Waals surface area contributed by atoms with Gasteiger partial charge in [-0.3, -0.25) is 4.79 Å². The molecule has 1 N–H and O–H groups in total. The Balaban J connectivity index is 1.37. The lowest BCUT2D eigenvalue weighted by Gasteiger charge is -2.30. The van der Waals surface area contributed by atoms with Gasteiger partial charge in [0.1, 0.15) is 5.82 Å². The zero-order chi connectivity index (χ0) is 22.7. The van der Waals surface area contributed by atoms with Crippen LogP contribution in [0, 0.1) is 11.7 Å². The summed E-state index contributed by atoms with van der Waals surface area (Å²) in [4.78, 5) is 18.2. The molecule has 0 atom stereocenters. The largest absolute Gasteiger partial charge is 0.302 e. The Labute approximate surface area is 194 Å². The van der Waals surface area contributed by atoms with E-state index in [9.17, 15) is 17.6 Å². The molecule has 2 aromatic carbocycles. The standard InChI is InChI=1S/C22H22FN3O3S3/c1-30-19-4-2-3-5-20(19)32(28,29)26-12-10-16(11-13-26)21(27)25-22-24-18(14-31-22)15-6-8-17(23)9-7-15/h2-9,14,16H,10-13H2,1H3,(H,24,25,27). The third-order valence-electron chi connectivity index (χ3n) is 5.39. The number of carbonyl (C=O) groups excluding carboxylic acids is 1. The Morgan fingerprint density at radius 3 is 2.53 bits per heavy atom. The molecule has 2 heterocycles. The summed E-state index contributed by atoms with van der Waals surface area (Å²) in [6.07, 6.45) is 2.75. The predicted molar refractivity (Wildman–Crippen MR) is 126 cm³/mol. The molecule has 6 nitrogen and oxygen atoms in total. The number of thioether (sulfide) groups is 1. The topological polar surface area (TPSA) is 79.4 Å². The molecule has 168 valence electrons. The molecule has 1 saturated heterocycles. The fourth-order valence-electron chi connectivity index (χ4n) is 3.62. The summed E-state index contributed by atoms with van der Waals surface area (Å²) in [5, 5.41) is 5.12. The van der Waals surface area contributed by atoms with E-state index in [1.165, 1.54) is 39.5 Å². The summed E-state index contributed by atoms with van der Waals surface area (Å²) in [6, 6.07) is 13.0. The third kappa shape index (κ3) is 4.88. The summed E-state index contributed by atoms with van der Waals surface area (Å²) < 4.78 is 40.7. The van der Waals surface area contributed by atoms with Crippen LogP contribution in [0.5, 0.6) is 0 Å². The quantitative estimate of drug-likeness (QED) is 0.505. The van der Waals surface area contributed by atoms with Crippen LogP contribution in [0.1, 0.15) is 12.8 Å². The number of carbonyl (C=O) groups is 1. The number of anilines is 1. The minimum absolute atomic E-state index is 0.161. The fraction of sp³-hybridized carbons (Fsp3) is 0.273. The van der Waals surface area contributed by atoms with Crippen LogP contribution < -0.4 is 5.32 Å². The number of sulfonamides is 1. The van der Waals surface area contributed by atoms with Gasteiger partial charge in [0.05, 0.1) is 10.6 Å². The number of hydrogen-bond acceptors (Lipinski definition) is 6. The van der Waals surface area contributed by atoms with Crippen LogP contribution >= 0.6 is 23.1 Å². The number of nitrogens with zero attached hydrogens (tertiary/aromatic N) is 2. The van der Waals surface area contributed by atoms with Crippen LogP contribution in [0.15, 0.2) is 63.7 Å². The molecule has 3 aromatic rings. The number of hydrogen-bond donors (Lipinski definition) is 1. The second-order valence-corrected chi connectivity index (χ2v) is 11.0. The van der Waals surface area contributed by atoms with Crippen molar-refractivity contribution in [2.45, 2.75) is 22.6 Å². The van der Waals surface area contributed by atoms with E-state index in [2.05, 4.69) is 10.3 Å². The van der Waals surface area contributed by atoms with Crippen LogP contribution in [0.4, 0.5) is 9.52 Å². The molecule has 10 heteroatoms. The molecule has 0 saturated carbocycles. The second-order valence-electron chi connectivity index (χ2n) is 7.36. The smallest absolute Gasteiger partial charge is 0.244 e. The molecule has 0 unspecified atom stereocenters. The molecule has 1 aliphatic rings. The van der Waals surface area contributed by atoms with Gasteiger partial charge in [-0.05, 0) is 55.5 Å². The molecule has 4 rings (SSSR count). The van der Waals surface area contributed by atoms with Gasteiger partial charge in [0.15, 0.2) is 5.13 Å². The maximum Gasteiger partial charge on any atom is 0.244 e. The van der Waals surface area contributed by atoms with Gasteiger partial charge in [-0.25, -0.2) is 17.8 Å². The van der Waals surface area contributed by atoms with Crippen molar-refractivity contribution in [2.24, 2.45) is 5.92 Å².